The van der Waals surface area contributed by atoms with Gasteiger partial charge in [0.2, 0.25) is 0 Å². The number of aromatic nitrogens is 1. The van der Waals surface area contributed by atoms with Crippen molar-refractivity contribution in [3.8, 4) is 0 Å². The predicted octanol–water partition coefficient (Wildman–Crippen LogP) is 3.16. The van der Waals surface area contributed by atoms with Gasteiger partial charge in [0.15, 0.2) is 0 Å². The van der Waals surface area contributed by atoms with Crippen molar-refractivity contribution in [3.63, 3.8) is 0 Å². The lowest BCUT2D eigenvalue weighted by atomic mass is 9.99. The van der Waals surface area contributed by atoms with E-state index >= 15 is 0 Å². The van der Waals surface area contributed by atoms with E-state index in [0.29, 0.717) is 12.0 Å². The fourth-order valence-corrected chi connectivity index (χ4v) is 3.75. The number of hydrogen-bond acceptors (Lipinski definition) is 3. The van der Waals surface area contributed by atoms with Crippen LogP contribution >= 0.6 is 0 Å². The summed E-state index contributed by atoms with van der Waals surface area (Å²) in [6, 6.07) is 6.69. The maximum absolute atomic E-state index is 13.2. The van der Waals surface area contributed by atoms with Gasteiger partial charge in [0.1, 0.15) is 0 Å². The molecule has 1 N–H and O–H groups in total. The molecule has 1 saturated carbocycles. The van der Waals surface area contributed by atoms with Crippen LogP contribution in [0.5, 0.6) is 0 Å². The van der Waals surface area contributed by atoms with Crippen LogP contribution in [0.3, 0.4) is 0 Å². The summed E-state index contributed by atoms with van der Waals surface area (Å²) in [6.07, 6.45) is 2.39. The van der Waals surface area contributed by atoms with Gasteiger partial charge < -0.3 is 10.2 Å². The number of rotatable bonds is 2. The predicted molar refractivity (Wildman–Crippen MR) is 96.6 cm³/mol. The van der Waals surface area contributed by atoms with Gasteiger partial charge in [0.05, 0.1) is 11.1 Å². The molecule has 1 atom stereocenters. The molecule has 1 amide bonds. The quantitative estimate of drug-likeness (QED) is 0.923. The van der Waals surface area contributed by atoms with Crippen LogP contribution in [0.1, 0.15) is 52.9 Å². The van der Waals surface area contributed by atoms with Crippen LogP contribution in [-0.2, 0) is 0 Å². The van der Waals surface area contributed by atoms with E-state index < -0.39 is 0 Å². The monoisotopic (exact) mass is 323 g/mol. The molecule has 0 spiro atoms. The second kappa shape index (κ2) is 5.85. The lowest BCUT2D eigenvalue weighted by molar-refractivity contribution is 0.0711. The molecule has 2 aromatic rings. The largest absolute Gasteiger partial charge is 0.336 e. The number of hydrogen-bond donors (Lipinski definition) is 1. The zero-order valence-electron chi connectivity index (χ0n) is 14.7. The van der Waals surface area contributed by atoms with Gasteiger partial charge in [-0.15, -0.1) is 0 Å². The maximum atomic E-state index is 13.2. The molecule has 4 heteroatoms. The topological polar surface area (TPSA) is 45.2 Å². The van der Waals surface area contributed by atoms with Crippen LogP contribution in [0.15, 0.2) is 18.2 Å². The van der Waals surface area contributed by atoms with E-state index in [4.69, 9.17) is 4.98 Å². The maximum Gasteiger partial charge on any atom is 0.254 e. The number of pyridine rings is 1. The zero-order chi connectivity index (χ0) is 16.8. The Labute approximate surface area is 143 Å². The molecule has 1 unspecified atom stereocenters. The molecular formula is C20H25N3O. The van der Waals surface area contributed by atoms with E-state index in [-0.39, 0.29) is 5.91 Å². The molecule has 1 aromatic carbocycles. The molecule has 2 aliphatic rings. The molecule has 0 radical (unpaired) electrons. The first-order chi connectivity index (χ1) is 11.5. The minimum absolute atomic E-state index is 0.155. The number of aryl methyl sites for hydroxylation is 2. The van der Waals surface area contributed by atoms with E-state index in [1.165, 1.54) is 18.4 Å². The third-order valence-corrected chi connectivity index (χ3v) is 5.15. The Morgan fingerprint density at radius 2 is 2.04 bits per heavy atom. The zero-order valence-corrected chi connectivity index (χ0v) is 14.7. The highest BCUT2D eigenvalue weighted by atomic mass is 16.2. The molecule has 1 aliphatic carbocycles. The average Bonchev–Trinajstić information content (AvgIpc) is 3.38. The van der Waals surface area contributed by atoms with Crippen molar-refractivity contribution in [2.45, 2.75) is 45.6 Å². The molecule has 1 saturated heterocycles. The first-order valence-corrected chi connectivity index (χ1v) is 8.97. The summed E-state index contributed by atoms with van der Waals surface area (Å²) in [4.78, 5) is 20.1. The summed E-state index contributed by atoms with van der Waals surface area (Å²) in [5.41, 5.74) is 5.28. The molecule has 24 heavy (non-hydrogen) atoms. The summed E-state index contributed by atoms with van der Waals surface area (Å²) in [5.74, 6) is 0.700. The van der Waals surface area contributed by atoms with E-state index in [1.807, 2.05) is 4.90 Å². The van der Waals surface area contributed by atoms with Crippen LogP contribution in [0, 0.1) is 13.8 Å². The lowest BCUT2D eigenvalue weighted by Crippen LogP contribution is -2.51. The average molecular weight is 323 g/mol. The van der Waals surface area contributed by atoms with Gasteiger partial charge in [0.25, 0.3) is 5.91 Å². The van der Waals surface area contributed by atoms with Crippen LogP contribution < -0.4 is 5.32 Å². The summed E-state index contributed by atoms with van der Waals surface area (Å²) >= 11 is 0. The molecule has 2 fully saturated rings. The Kier molecular flexibility index (Phi) is 3.80. The fourth-order valence-electron chi connectivity index (χ4n) is 3.75. The minimum atomic E-state index is 0.155. The number of benzene rings is 1. The first-order valence-electron chi connectivity index (χ1n) is 8.97. The normalized spacial score (nSPS) is 21.3. The van der Waals surface area contributed by atoms with Crippen LogP contribution in [0.2, 0.25) is 0 Å². The van der Waals surface area contributed by atoms with Gasteiger partial charge in [-0.2, -0.15) is 0 Å². The summed E-state index contributed by atoms with van der Waals surface area (Å²) in [7, 11) is 0. The SMILES string of the molecule is Cc1cc(C)c2nc(C3CC3)cc(C(=O)N3CCNC(C)C3)c2c1. The molecule has 0 bridgehead atoms. The number of piperazine rings is 1. The summed E-state index contributed by atoms with van der Waals surface area (Å²) < 4.78 is 0. The smallest absolute Gasteiger partial charge is 0.254 e. The summed E-state index contributed by atoms with van der Waals surface area (Å²) in [5, 5.41) is 4.41. The Balaban J connectivity index is 1.84. The molecule has 4 rings (SSSR count). The van der Waals surface area contributed by atoms with E-state index in [9.17, 15) is 4.79 Å². The van der Waals surface area contributed by atoms with Crippen molar-refractivity contribution in [3.05, 3.63) is 40.6 Å². The van der Waals surface area contributed by atoms with Crippen LogP contribution in [-0.4, -0.2) is 41.5 Å². The van der Waals surface area contributed by atoms with Crippen molar-refractivity contribution in [1.29, 1.82) is 0 Å². The van der Waals surface area contributed by atoms with Gasteiger partial charge in [-0.25, -0.2) is 0 Å². The van der Waals surface area contributed by atoms with Crippen molar-refractivity contribution in [2.24, 2.45) is 0 Å². The minimum Gasteiger partial charge on any atom is -0.336 e. The van der Waals surface area contributed by atoms with Crippen molar-refractivity contribution in [1.82, 2.24) is 15.2 Å². The Hall–Kier alpha value is -1.94. The highest BCUT2D eigenvalue weighted by Gasteiger charge is 2.29. The third kappa shape index (κ3) is 2.80. The highest BCUT2D eigenvalue weighted by Crippen LogP contribution is 2.40. The van der Waals surface area contributed by atoms with Gasteiger partial charge >= 0.3 is 0 Å². The third-order valence-electron chi connectivity index (χ3n) is 5.15. The van der Waals surface area contributed by atoms with Gasteiger partial charge in [-0.1, -0.05) is 11.6 Å². The van der Waals surface area contributed by atoms with E-state index in [0.717, 1.165) is 47.4 Å². The molecule has 4 nitrogen and oxygen atoms in total. The Bertz CT molecular complexity index is 810. The molecule has 1 aromatic heterocycles. The molecule has 2 heterocycles. The van der Waals surface area contributed by atoms with Gasteiger partial charge in [-0.05, 0) is 51.3 Å². The second-order valence-electron chi connectivity index (χ2n) is 7.45. The fraction of sp³-hybridized carbons (Fsp3) is 0.500. The second-order valence-corrected chi connectivity index (χ2v) is 7.45. The van der Waals surface area contributed by atoms with Crippen molar-refractivity contribution >= 4 is 16.8 Å². The number of nitrogens with one attached hydrogen (secondary N) is 1. The number of carbonyl (C=O) groups excluding carboxylic acids is 1. The van der Waals surface area contributed by atoms with E-state index in [1.54, 1.807) is 0 Å². The number of carbonyl (C=O) groups is 1. The molecule has 126 valence electrons. The molecular weight excluding hydrogens is 298 g/mol. The highest BCUT2D eigenvalue weighted by molar-refractivity contribution is 6.07. The summed E-state index contributed by atoms with van der Waals surface area (Å²) in [6.45, 7) is 8.72. The van der Waals surface area contributed by atoms with Crippen LogP contribution in [0.4, 0.5) is 0 Å². The van der Waals surface area contributed by atoms with Crippen molar-refractivity contribution < 1.29 is 4.79 Å². The Morgan fingerprint density at radius 3 is 2.75 bits per heavy atom. The lowest BCUT2D eigenvalue weighted by Gasteiger charge is -2.32. The van der Waals surface area contributed by atoms with Gasteiger partial charge in [0, 0.05) is 42.7 Å². The first kappa shape index (κ1) is 15.6. The number of fused-ring (bicyclic) bond motifs is 1. The van der Waals surface area contributed by atoms with Crippen LogP contribution in [0.25, 0.3) is 10.9 Å². The van der Waals surface area contributed by atoms with Crippen molar-refractivity contribution in [2.75, 3.05) is 19.6 Å². The standard InChI is InChI=1S/C20H25N3O/c1-12-8-13(2)19-16(9-12)17(10-18(22-19)15-4-5-15)20(24)23-7-6-21-14(3)11-23/h8-10,14-15,21H,4-7,11H2,1-3H3. The Morgan fingerprint density at radius 1 is 1.25 bits per heavy atom. The molecule has 1 aliphatic heterocycles. The van der Waals surface area contributed by atoms with E-state index in [2.05, 4.69) is 44.3 Å². The number of amides is 1. The van der Waals surface area contributed by atoms with Gasteiger partial charge in [-0.3, -0.25) is 9.78 Å². The number of nitrogens with zero attached hydrogens (tertiary/aromatic N) is 2.